The van der Waals surface area contributed by atoms with Crippen LogP contribution in [0.1, 0.15) is 19.8 Å². The summed E-state index contributed by atoms with van der Waals surface area (Å²) in [7, 11) is 2.01. The number of hydrogen-bond acceptors (Lipinski definition) is 3. The molecule has 0 aromatic rings. The second kappa shape index (κ2) is 5.15. The minimum absolute atomic E-state index is 0.0536. The smallest absolute Gasteiger partial charge is 0.242 e. The van der Waals surface area contributed by atoms with E-state index in [2.05, 4.69) is 11.8 Å². The fourth-order valence-corrected chi connectivity index (χ4v) is 2.39. The number of morpholine rings is 1. The maximum atomic E-state index is 12.3. The van der Waals surface area contributed by atoms with E-state index in [1.807, 2.05) is 11.9 Å². The van der Waals surface area contributed by atoms with Crippen LogP contribution in [-0.4, -0.2) is 61.6 Å². The van der Waals surface area contributed by atoms with Crippen LogP contribution in [-0.2, 0) is 9.53 Å². The first-order valence-electron chi connectivity index (χ1n) is 6.25. The molecule has 0 aliphatic carbocycles. The Hall–Kier alpha value is -0.610. The molecule has 4 heteroatoms. The molecule has 1 amide bonds. The Bertz CT molecular complexity index is 249. The molecule has 0 aromatic carbocycles. The number of likely N-dealkylation sites (N-methyl/N-ethyl adjacent to an activating group) is 1. The van der Waals surface area contributed by atoms with Crippen LogP contribution in [0.4, 0.5) is 0 Å². The Morgan fingerprint density at radius 1 is 1.25 bits per heavy atom. The molecule has 16 heavy (non-hydrogen) atoms. The zero-order valence-electron chi connectivity index (χ0n) is 10.3. The van der Waals surface area contributed by atoms with Gasteiger partial charge in [-0.15, -0.1) is 0 Å². The largest absolute Gasteiger partial charge is 0.378 e. The molecule has 2 aliphatic rings. The van der Waals surface area contributed by atoms with Crippen molar-refractivity contribution < 1.29 is 9.53 Å². The molecule has 92 valence electrons. The lowest BCUT2D eigenvalue weighted by Gasteiger charge is -2.37. The van der Waals surface area contributed by atoms with E-state index in [9.17, 15) is 4.79 Å². The predicted octanol–water partition coefficient (Wildman–Crippen LogP) is 0.575. The van der Waals surface area contributed by atoms with Crippen LogP contribution in [0.2, 0.25) is 0 Å². The van der Waals surface area contributed by atoms with E-state index in [1.165, 1.54) is 0 Å². The molecular formula is C12H22N2O2. The molecule has 1 atom stereocenters. The zero-order valence-corrected chi connectivity index (χ0v) is 10.3. The Balaban J connectivity index is 1.90. The highest BCUT2D eigenvalue weighted by molar-refractivity contribution is 5.82. The van der Waals surface area contributed by atoms with Crippen LogP contribution < -0.4 is 0 Å². The molecule has 0 spiro atoms. The summed E-state index contributed by atoms with van der Waals surface area (Å²) in [4.78, 5) is 16.4. The normalized spacial score (nSPS) is 29.4. The van der Waals surface area contributed by atoms with Gasteiger partial charge in [0.25, 0.3) is 0 Å². The average Bonchev–Trinajstić information content (AvgIpc) is 2.30. The molecule has 2 rings (SSSR count). The van der Waals surface area contributed by atoms with Gasteiger partial charge in [0.15, 0.2) is 0 Å². The lowest BCUT2D eigenvalue weighted by Crippen LogP contribution is -2.54. The van der Waals surface area contributed by atoms with Crippen molar-refractivity contribution in [2.45, 2.75) is 25.8 Å². The molecule has 0 N–H and O–H groups in total. The topological polar surface area (TPSA) is 32.8 Å². The minimum atomic E-state index is -0.0536. The minimum Gasteiger partial charge on any atom is -0.378 e. The lowest BCUT2D eigenvalue weighted by atomic mass is 9.98. The third-order valence-corrected chi connectivity index (χ3v) is 3.78. The van der Waals surface area contributed by atoms with Crippen LogP contribution >= 0.6 is 0 Å². The van der Waals surface area contributed by atoms with E-state index in [-0.39, 0.29) is 11.9 Å². The van der Waals surface area contributed by atoms with Gasteiger partial charge in [0.05, 0.1) is 13.2 Å². The zero-order chi connectivity index (χ0) is 11.5. The van der Waals surface area contributed by atoms with Crippen molar-refractivity contribution >= 4 is 5.91 Å². The fraction of sp³-hybridized carbons (Fsp3) is 0.917. The summed E-state index contributed by atoms with van der Waals surface area (Å²) in [6.45, 7) is 6.27. The van der Waals surface area contributed by atoms with Gasteiger partial charge in [-0.25, -0.2) is 0 Å². The van der Waals surface area contributed by atoms with Crippen molar-refractivity contribution in [1.29, 1.82) is 0 Å². The van der Waals surface area contributed by atoms with Crippen LogP contribution in [0, 0.1) is 5.92 Å². The lowest BCUT2D eigenvalue weighted by molar-refractivity contribution is -0.143. The number of hydrogen-bond donors (Lipinski definition) is 0. The Kier molecular flexibility index (Phi) is 3.82. The number of nitrogens with zero attached hydrogens (tertiary/aromatic N) is 2. The molecule has 2 heterocycles. The van der Waals surface area contributed by atoms with Gasteiger partial charge in [0.1, 0.15) is 6.04 Å². The monoisotopic (exact) mass is 226 g/mol. The van der Waals surface area contributed by atoms with Crippen LogP contribution in [0.15, 0.2) is 0 Å². The molecular weight excluding hydrogens is 204 g/mol. The highest BCUT2D eigenvalue weighted by Crippen LogP contribution is 2.18. The van der Waals surface area contributed by atoms with E-state index in [0.29, 0.717) is 6.61 Å². The van der Waals surface area contributed by atoms with Gasteiger partial charge in [-0.2, -0.15) is 0 Å². The second-order valence-electron chi connectivity index (χ2n) is 5.08. The molecule has 0 saturated carbocycles. The first kappa shape index (κ1) is 11.9. The van der Waals surface area contributed by atoms with Crippen molar-refractivity contribution in [2.75, 3.05) is 39.9 Å². The number of ether oxygens (including phenoxy) is 1. The Morgan fingerprint density at radius 3 is 2.56 bits per heavy atom. The summed E-state index contributed by atoms with van der Waals surface area (Å²) in [5, 5.41) is 0. The summed E-state index contributed by atoms with van der Waals surface area (Å²) in [5.41, 5.74) is 0. The summed E-state index contributed by atoms with van der Waals surface area (Å²) in [5.74, 6) is 1.03. The third kappa shape index (κ3) is 2.55. The molecule has 2 fully saturated rings. The number of rotatable bonds is 1. The van der Waals surface area contributed by atoms with Gasteiger partial charge in [0, 0.05) is 19.6 Å². The van der Waals surface area contributed by atoms with E-state index in [4.69, 9.17) is 4.74 Å². The second-order valence-corrected chi connectivity index (χ2v) is 5.08. The molecule has 2 aliphatic heterocycles. The summed E-state index contributed by atoms with van der Waals surface area (Å²) >= 11 is 0. The molecule has 2 saturated heterocycles. The SMILES string of the molecule is CC1CCN(C(=O)C2COCCN2C)CC1. The van der Waals surface area contributed by atoms with Gasteiger partial charge in [-0.3, -0.25) is 9.69 Å². The third-order valence-electron chi connectivity index (χ3n) is 3.78. The summed E-state index contributed by atoms with van der Waals surface area (Å²) in [6, 6.07) is -0.0536. The number of piperidine rings is 1. The highest BCUT2D eigenvalue weighted by atomic mass is 16.5. The fourth-order valence-electron chi connectivity index (χ4n) is 2.39. The predicted molar refractivity (Wildman–Crippen MR) is 62.2 cm³/mol. The van der Waals surface area contributed by atoms with Crippen molar-refractivity contribution in [2.24, 2.45) is 5.92 Å². The van der Waals surface area contributed by atoms with Crippen LogP contribution in [0.25, 0.3) is 0 Å². The van der Waals surface area contributed by atoms with Gasteiger partial charge in [-0.1, -0.05) is 6.92 Å². The maximum absolute atomic E-state index is 12.3. The molecule has 4 nitrogen and oxygen atoms in total. The van der Waals surface area contributed by atoms with Gasteiger partial charge >= 0.3 is 0 Å². The molecule has 0 bridgehead atoms. The number of likely N-dealkylation sites (tertiary alicyclic amines) is 1. The van der Waals surface area contributed by atoms with Crippen molar-refractivity contribution in [3.05, 3.63) is 0 Å². The van der Waals surface area contributed by atoms with Crippen molar-refractivity contribution in [3.63, 3.8) is 0 Å². The Labute approximate surface area is 97.5 Å². The summed E-state index contributed by atoms with van der Waals surface area (Å²) in [6.07, 6.45) is 2.28. The van der Waals surface area contributed by atoms with E-state index < -0.39 is 0 Å². The summed E-state index contributed by atoms with van der Waals surface area (Å²) < 4.78 is 5.40. The van der Waals surface area contributed by atoms with Gasteiger partial charge < -0.3 is 9.64 Å². The molecule has 0 radical (unpaired) electrons. The van der Waals surface area contributed by atoms with Crippen LogP contribution in [0.5, 0.6) is 0 Å². The first-order valence-corrected chi connectivity index (χ1v) is 6.25. The Morgan fingerprint density at radius 2 is 1.94 bits per heavy atom. The average molecular weight is 226 g/mol. The first-order chi connectivity index (χ1) is 7.68. The number of carbonyl (C=O) groups excluding carboxylic acids is 1. The highest BCUT2D eigenvalue weighted by Gasteiger charge is 2.31. The maximum Gasteiger partial charge on any atom is 0.242 e. The number of amides is 1. The van der Waals surface area contributed by atoms with Crippen LogP contribution in [0.3, 0.4) is 0 Å². The molecule has 0 aromatic heterocycles. The van der Waals surface area contributed by atoms with E-state index in [0.717, 1.165) is 45.0 Å². The van der Waals surface area contributed by atoms with Gasteiger partial charge in [-0.05, 0) is 25.8 Å². The van der Waals surface area contributed by atoms with Crippen molar-refractivity contribution in [3.8, 4) is 0 Å². The molecule has 1 unspecified atom stereocenters. The quantitative estimate of drug-likeness (QED) is 0.655. The van der Waals surface area contributed by atoms with E-state index in [1.54, 1.807) is 0 Å². The standard InChI is InChI=1S/C12H22N2O2/c1-10-3-5-14(6-4-10)12(15)11-9-16-8-7-13(11)2/h10-11H,3-9H2,1-2H3. The van der Waals surface area contributed by atoms with Gasteiger partial charge in [0.2, 0.25) is 5.91 Å². The van der Waals surface area contributed by atoms with Crippen molar-refractivity contribution in [1.82, 2.24) is 9.80 Å². The van der Waals surface area contributed by atoms with E-state index >= 15 is 0 Å². The number of carbonyl (C=O) groups is 1.